The topological polar surface area (TPSA) is 51.7 Å². The van der Waals surface area contributed by atoms with Crippen molar-refractivity contribution in [2.45, 2.75) is 0 Å². The van der Waals surface area contributed by atoms with E-state index in [9.17, 15) is 4.79 Å². The monoisotopic (exact) mass is 426 g/mol. The first kappa shape index (κ1) is 17.9. The lowest BCUT2D eigenvalue weighted by molar-refractivity contribution is 0.0304. The highest BCUT2D eigenvalue weighted by molar-refractivity contribution is 9.10. The van der Waals surface area contributed by atoms with Crippen LogP contribution in [0.5, 0.6) is 5.75 Å². The molecule has 0 atom stereocenters. The van der Waals surface area contributed by atoms with E-state index in [0.29, 0.717) is 31.9 Å². The lowest BCUT2D eigenvalue weighted by Crippen LogP contribution is -2.40. The number of aromatic nitrogens is 1. The summed E-state index contributed by atoms with van der Waals surface area (Å²) < 4.78 is 11.5. The molecular weight excluding hydrogens is 408 g/mol. The van der Waals surface area contributed by atoms with Crippen molar-refractivity contribution in [2.24, 2.45) is 0 Å². The van der Waals surface area contributed by atoms with Gasteiger partial charge in [0, 0.05) is 28.5 Å². The molecule has 0 N–H and O–H groups in total. The van der Waals surface area contributed by atoms with Crippen LogP contribution >= 0.6 is 15.9 Å². The summed E-state index contributed by atoms with van der Waals surface area (Å²) in [6.07, 6.45) is 0. The highest BCUT2D eigenvalue weighted by Gasteiger charge is 2.22. The molecule has 5 nitrogen and oxygen atoms in total. The molecular formula is C21H19BrN2O3. The lowest BCUT2D eigenvalue weighted by atomic mass is 10.0. The third-order valence-electron chi connectivity index (χ3n) is 4.69. The minimum absolute atomic E-state index is 0.0126. The van der Waals surface area contributed by atoms with Gasteiger partial charge in [-0.3, -0.25) is 4.79 Å². The molecule has 0 radical (unpaired) electrons. The van der Waals surface area contributed by atoms with Gasteiger partial charge in [0.2, 0.25) is 0 Å². The van der Waals surface area contributed by atoms with Gasteiger partial charge in [-0.05, 0) is 48.5 Å². The Morgan fingerprint density at radius 3 is 2.56 bits per heavy atom. The van der Waals surface area contributed by atoms with Crippen molar-refractivity contribution in [3.05, 3.63) is 58.6 Å². The van der Waals surface area contributed by atoms with Gasteiger partial charge >= 0.3 is 0 Å². The number of hydrogen-bond donors (Lipinski definition) is 0. The smallest absolute Gasteiger partial charge is 0.254 e. The molecule has 1 amide bonds. The first-order valence-corrected chi connectivity index (χ1v) is 9.57. The van der Waals surface area contributed by atoms with Crippen LogP contribution in [-0.4, -0.2) is 49.2 Å². The number of benzene rings is 2. The molecule has 2 aromatic carbocycles. The maximum absolute atomic E-state index is 13.2. The van der Waals surface area contributed by atoms with E-state index in [1.54, 1.807) is 7.11 Å². The standard InChI is InChI=1S/C21H19BrN2O3/c1-26-16-5-2-14(3-6-16)20-13-18(21(25)24-8-10-27-11-9-24)17-12-15(22)4-7-19(17)23-20/h2-7,12-13H,8-11H2,1H3. The molecule has 0 aliphatic carbocycles. The molecule has 0 spiro atoms. The van der Waals surface area contributed by atoms with Gasteiger partial charge in [0.25, 0.3) is 5.91 Å². The van der Waals surface area contributed by atoms with Crippen LogP contribution in [0, 0.1) is 0 Å². The molecule has 27 heavy (non-hydrogen) atoms. The van der Waals surface area contributed by atoms with Crippen LogP contribution < -0.4 is 4.74 Å². The Balaban J connectivity index is 1.83. The highest BCUT2D eigenvalue weighted by Crippen LogP contribution is 2.29. The van der Waals surface area contributed by atoms with Crippen LogP contribution in [-0.2, 0) is 4.74 Å². The highest BCUT2D eigenvalue weighted by atomic mass is 79.9. The molecule has 1 aliphatic heterocycles. The van der Waals surface area contributed by atoms with Gasteiger partial charge in [-0.1, -0.05) is 15.9 Å². The quantitative estimate of drug-likeness (QED) is 0.631. The second kappa shape index (κ2) is 7.66. The van der Waals surface area contributed by atoms with E-state index in [1.807, 2.05) is 53.4 Å². The fourth-order valence-corrected chi connectivity index (χ4v) is 3.58. The summed E-state index contributed by atoms with van der Waals surface area (Å²) in [7, 11) is 1.64. The molecule has 1 fully saturated rings. The number of pyridine rings is 1. The maximum Gasteiger partial charge on any atom is 0.254 e. The van der Waals surface area contributed by atoms with E-state index in [-0.39, 0.29) is 5.91 Å². The van der Waals surface area contributed by atoms with Crippen molar-refractivity contribution in [3.8, 4) is 17.0 Å². The third kappa shape index (κ3) is 3.68. The van der Waals surface area contributed by atoms with E-state index >= 15 is 0 Å². The van der Waals surface area contributed by atoms with Crippen molar-refractivity contribution in [1.29, 1.82) is 0 Å². The fraction of sp³-hybridized carbons (Fsp3) is 0.238. The number of halogens is 1. The summed E-state index contributed by atoms with van der Waals surface area (Å²) in [5.41, 5.74) is 3.16. The number of fused-ring (bicyclic) bond motifs is 1. The van der Waals surface area contributed by atoms with Crippen LogP contribution in [0.4, 0.5) is 0 Å². The second-order valence-electron chi connectivity index (χ2n) is 6.35. The molecule has 3 aromatic rings. The number of rotatable bonds is 3. The number of methoxy groups -OCH3 is 1. The second-order valence-corrected chi connectivity index (χ2v) is 7.27. The third-order valence-corrected chi connectivity index (χ3v) is 5.18. The minimum Gasteiger partial charge on any atom is -0.497 e. The van der Waals surface area contributed by atoms with Gasteiger partial charge in [0.1, 0.15) is 5.75 Å². The van der Waals surface area contributed by atoms with Gasteiger partial charge in [-0.2, -0.15) is 0 Å². The number of amides is 1. The zero-order valence-electron chi connectivity index (χ0n) is 14.9. The van der Waals surface area contributed by atoms with Gasteiger partial charge in [-0.25, -0.2) is 4.98 Å². The normalized spacial score (nSPS) is 14.4. The summed E-state index contributed by atoms with van der Waals surface area (Å²) in [5.74, 6) is 0.798. The summed E-state index contributed by atoms with van der Waals surface area (Å²) in [6.45, 7) is 2.36. The maximum atomic E-state index is 13.2. The zero-order valence-corrected chi connectivity index (χ0v) is 16.5. The largest absolute Gasteiger partial charge is 0.497 e. The lowest BCUT2D eigenvalue weighted by Gasteiger charge is -2.27. The molecule has 1 aromatic heterocycles. The number of hydrogen-bond acceptors (Lipinski definition) is 4. The van der Waals surface area contributed by atoms with Gasteiger partial charge in [-0.15, -0.1) is 0 Å². The summed E-state index contributed by atoms with van der Waals surface area (Å²) in [6, 6.07) is 15.4. The van der Waals surface area contributed by atoms with Crippen molar-refractivity contribution in [1.82, 2.24) is 9.88 Å². The molecule has 1 saturated heterocycles. The van der Waals surface area contributed by atoms with Gasteiger partial charge < -0.3 is 14.4 Å². The van der Waals surface area contributed by atoms with Crippen LogP contribution in [0.2, 0.25) is 0 Å². The predicted molar refractivity (Wildman–Crippen MR) is 108 cm³/mol. The first-order valence-electron chi connectivity index (χ1n) is 8.77. The molecule has 6 heteroatoms. The zero-order chi connectivity index (χ0) is 18.8. The van der Waals surface area contributed by atoms with Crippen molar-refractivity contribution in [2.75, 3.05) is 33.4 Å². The Morgan fingerprint density at radius 1 is 1.11 bits per heavy atom. The Hall–Kier alpha value is -2.44. The summed E-state index contributed by atoms with van der Waals surface area (Å²) in [4.78, 5) is 19.8. The number of carbonyl (C=O) groups excluding carboxylic acids is 1. The number of nitrogens with zero attached hydrogens (tertiary/aromatic N) is 2. The molecule has 0 bridgehead atoms. The Kier molecular flexibility index (Phi) is 5.09. The van der Waals surface area contributed by atoms with Gasteiger partial charge in [0.05, 0.1) is 37.1 Å². The molecule has 0 saturated carbocycles. The van der Waals surface area contributed by atoms with E-state index in [0.717, 1.165) is 32.4 Å². The van der Waals surface area contributed by atoms with Crippen molar-refractivity contribution >= 4 is 32.7 Å². The van der Waals surface area contributed by atoms with E-state index in [2.05, 4.69) is 15.9 Å². The summed E-state index contributed by atoms with van der Waals surface area (Å²) in [5, 5.41) is 0.845. The Bertz CT molecular complexity index is 983. The van der Waals surface area contributed by atoms with Crippen LogP contribution in [0.1, 0.15) is 10.4 Å². The number of carbonyl (C=O) groups is 1. The van der Waals surface area contributed by atoms with E-state index in [4.69, 9.17) is 14.5 Å². The number of morpholine rings is 1. The minimum atomic E-state index is 0.0126. The van der Waals surface area contributed by atoms with Crippen molar-refractivity contribution < 1.29 is 14.3 Å². The average molecular weight is 427 g/mol. The van der Waals surface area contributed by atoms with Crippen LogP contribution in [0.25, 0.3) is 22.2 Å². The predicted octanol–water partition coefficient (Wildman–Crippen LogP) is 4.15. The SMILES string of the molecule is COc1ccc(-c2cc(C(=O)N3CCOCC3)c3cc(Br)ccc3n2)cc1. The summed E-state index contributed by atoms with van der Waals surface area (Å²) >= 11 is 3.50. The Labute approximate surface area is 166 Å². The van der Waals surface area contributed by atoms with Crippen LogP contribution in [0.15, 0.2) is 53.0 Å². The van der Waals surface area contributed by atoms with E-state index < -0.39 is 0 Å². The molecule has 2 heterocycles. The van der Waals surface area contributed by atoms with Gasteiger partial charge in [0.15, 0.2) is 0 Å². The molecule has 138 valence electrons. The van der Waals surface area contributed by atoms with Crippen LogP contribution in [0.3, 0.4) is 0 Å². The molecule has 4 rings (SSSR count). The average Bonchev–Trinajstić information content (AvgIpc) is 2.73. The Morgan fingerprint density at radius 2 is 1.85 bits per heavy atom. The molecule has 0 unspecified atom stereocenters. The first-order chi connectivity index (χ1) is 13.2. The van der Waals surface area contributed by atoms with E-state index in [1.165, 1.54) is 0 Å². The fourth-order valence-electron chi connectivity index (χ4n) is 3.22. The van der Waals surface area contributed by atoms with Crippen molar-refractivity contribution in [3.63, 3.8) is 0 Å². The molecule has 1 aliphatic rings. The number of ether oxygens (including phenoxy) is 2.